The monoisotopic (exact) mass is 328 g/mol. The highest BCUT2D eigenvalue weighted by molar-refractivity contribution is 9.10. The van der Waals surface area contributed by atoms with Crippen molar-refractivity contribution >= 4 is 27.8 Å². The number of carbonyl (C=O) groups is 2. The number of aliphatic hydroxyl groups excluding tert-OH is 1. The predicted octanol–water partition coefficient (Wildman–Crippen LogP) is 0.592. The number of likely N-dealkylation sites (tertiary alicyclic amines) is 1. The Bertz CT molecular complexity index is 491. The maximum absolute atomic E-state index is 12.3. The number of ether oxygens (including phenoxy) is 1. The van der Waals surface area contributed by atoms with Crippen LogP contribution in [-0.2, 0) is 9.53 Å². The van der Waals surface area contributed by atoms with Crippen LogP contribution in [0.4, 0.5) is 0 Å². The molecule has 2 heterocycles. The highest BCUT2D eigenvalue weighted by Gasteiger charge is 2.40. The molecule has 1 aliphatic rings. The quantitative estimate of drug-likeness (QED) is 0.804. The zero-order valence-electron chi connectivity index (χ0n) is 10.2. The minimum atomic E-state index is -0.752. The van der Waals surface area contributed by atoms with Gasteiger partial charge in [0.1, 0.15) is 11.7 Å². The van der Waals surface area contributed by atoms with Crippen LogP contribution < -0.4 is 0 Å². The number of rotatable bonds is 2. The molecule has 0 bridgehead atoms. The van der Waals surface area contributed by atoms with Gasteiger partial charge in [-0.2, -0.15) is 0 Å². The minimum absolute atomic E-state index is 0.107. The van der Waals surface area contributed by atoms with Gasteiger partial charge in [0.05, 0.1) is 13.2 Å². The molecule has 2 unspecified atom stereocenters. The van der Waals surface area contributed by atoms with Gasteiger partial charge in [0.2, 0.25) is 0 Å². The minimum Gasteiger partial charge on any atom is -0.467 e. The maximum Gasteiger partial charge on any atom is 0.328 e. The molecule has 0 radical (unpaired) electrons. The fraction of sp³-hybridized carbons (Fsp3) is 0.417. The van der Waals surface area contributed by atoms with Gasteiger partial charge in [-0.1, -0.05) is 0 Å². The van der Waals surface area contributed by atoms with Crippen LogP contribution in [0.1, 0.15) is 16.9 Å². The summed E-state index contributed by atoms with van der Waals surface area (Å²) in [6.07, 6.45) is 0.977. The summed E-state index contributed by atoms with van der Waals surface area (Å²) in [6.45, 7) is 0.107. The van der Waals surface area contributed by atoms with Crippen LogP contribution in [0.5, 0.6) is 0 Å². The zero-order valence-corrected chi connectivity index (χ0v) is 11.8. The lowest BCUT2D eigenvalue weighted by molar-refractivity contribution is -0.145. The largest absolute Gasteiger partial charge is 0.467 e. The molecule has 2 atom stereocenters. The van der Waals surface area contributed by atoms with Crippen molar-refractivity contribution in [1.82, 2.24) is 9.88 Å². The van der Waals surface area contributed by atoms with E-state index in [0.29, 0.717) is 0 Å². The van der Waals surface area contributed by atoms with E-state index in [4.69, 9.17) is 0 Å². The number of aliphatic hydroxyl groups is 1. The zero-order chi connectivity index (χ0) is 14.0. The fourth-order valence-electron chi connectivity index (χ4n) is 2.05. The highest BCUT2D eigenvalue weighted by atomic mass is 79.9. The summed E-state index contributed by atoms with van der Waals surface area (Å²) in [5, 5.41) is 9.62. The number of methoxy groups -OCH3 is 1. The molecule has 1 aromatic heterocycles. The van der Waals surface area contributed by atoms with Crippen molar-refractivity contribution in [3.05, 3.63) is 28.5 Å². The molecule has 102 valence electrons. The average molecular weight is 329 g/mol. The lowest BCUT2D eigenvalue weighted by Crippen LogP contribution is -2.41. The van der Waals surface area contributed by atoms with Crippen molar-refractivity contribution in [3.8, 4) is 0 Å². The van der Waals surface area contributed by atoms with Crippen molar-refractivity contribution in [2.24, 2.45) is 0 Å². The van der Waals surface area contributed by atoms with Gasteiger partial charge in [0.15, 0.2) is 0 Å². The standard InChI is InChI=1S/C12H13BrN2O4/c1-19-12(18)10-4-8(16)6-15(10)11(17)9-3-2-7(13)5-14-9/h2-3,5,8,10,16H,4,6H2,1H3. The third kappa shape index (κ3) is 2.93. The van der Waals surface area contributed by atoms with Gasteiger partial charge in [-0.25, -0.2) is 9.78 Å². The summed E-state index contributed by atoms with van der Waals surface area (Å²) in [5.41, 5.74) is 0.228. The van der Waals surface area contributed by atoms with Crippen molar-refractivity contribution in [2.75, 3.05) is 13.7 Å². The fourth-order valence-corrected chi connectivity index (χ4v) is 2.28. The van der Waals surface area contributed by atoms with Crippen LogP contribution in [0, 0.1) is 0 Å². The Morgan fingerprint density at radius 3 is 2.84 bits per heavy atom. The Labute approximate surface area is 118 Å². The van der Waals surface area contributed by atoms with Gasteiger partial charge in [0, 0.05) is 23.6 Å². The van der Waals surface area contributed by atoms with Gasteiger partial charge in [-0.15, -0.1) is 0 Å². The van der Waals surface area contributed by atoms with Gasteiger partial charge >= 0.3 is 5.97 Å². The number of esters is 1. The lowest BCUT2D eigenvalue weighted by atomic mass is 10.2. The number of halogens is 1. The van der Waals surface area contributed by atoms with Crippen LogP contribution in [0.2, 0.25) is 0 Å². The first-order valence-corrected chi connectivity index (χ1v) is 6.50. The summed E-state index contributed by atoms with van der Waals surface area (Å²) in [6, 6.07) is 2.50. The van der Waals surface area contributed by atoms with Crippen LogP contribution in [0.3, 0.4) is 0 Å². The van der Waals surface area contributed by atoms with E-state index in [1.165, 1.54) is 18.2 Å². The first kappa shape index (κ1) is 14.0. The maximum atomic E-state index is 12.3. The number of pyridine rings is 1. The molecule has 1 aliphatic heterocycles. The van der Waals surface area contributed by atoms with E-state index < -0.39 is 18.1 Å². The number of β-amino-alcohol motifs (C(OH)–C–C–N with tert-alkyl or cyclic N) is 1. The number of hydrogen-bond donors (Lipinski definition) is 1. The van der Waals surface area contributed by atoms with Gasteiger partial charge in [-0.05, 0) is 28.1 Å². The van der Waals surface area contributed by atoms with Crippen LogP contribution in [-0.4, -0.2) is 52.7 Å². The smallest absolute Gasteiger partial charge is 0.328 e. The van der Waals surface area contributed by atoms with Gasteiger partial charge in [0.25, 0.3) is 5.91 Å². The van der Waals surface area contributed by atoms with Crippen molar-refractivity contribution < 1.29 is 19.4 Å². The van der Waals surface area contributed by atoms with E-state index >= 15 is 0 Å². The van der Waals surface area contributed by atoms with Crippen molar-refractivity contribution in [3.63, 3.8) is 0 Å². The molecular formula is C12H13BrN2O4. The predicted molar refractivity (Wildman–Crippen MR) is 69.4 cm³/mol. The molecule has 0 aliphatic carbocycles. The molecule has 1 saturated heterocycles. The number of carbonyl (C=O) groups excluding carboxylic acids is 2. The first-order chi connectivity index (χ1) is 9.02. The van der Waals surface area contributed by atoms with Crippen molar-refractivity contribution in [2.45, 2.75) is 18.6 Å². The van der Waals surface area contributed by atoms with E-state index in [1.807, 2.05) is 0 Å². The van der Waals surface area contributed by atoms with Gasteiger partial charge in [-0.3, -0.25) is 4.79 Å². The van der Waals surface area contributed by atoms with Crippen LogP contribution in [0.25, 0.3) is 0 Å². The Morgan fingerprint density at radius 1 is 1.53 bits per heavy atom. The number of aromatic nitrogens is 1. The normalized spacial score (nSPS) is 22.4. The summed E-state index contributed by atoms with van der Waals surface area (Å²) in [7, 11) is 1.26. The second-order valence-electron chi connectivity index (χ2n) is 4.25. The number of hydrogen-bond acceptors (Lipinski definition) is 5. The highest BCUT2D eigenvalue weighted by Crippen LogP contribution is 2.21. The van der Waals surface area contributed by atoms with Crippen molar-refractivity contribution in [1.29, 1.82) is 0 Å². The number of nitrogens with zero attached hydrogens (tertiary/aromatic N) is 2. The molecule has 7 heteroatoms. The molecule has 19 heavy (non-hydrogen) atoms. The lowest BCUT2D eigenvalue weighted by Gasteiger charge is -2.21. The second kappa shape index (κ2) is 5.66. The summed E-state index contributed by atoms with van der Waals surface area (Å²) >= 11 is 3.23. The topological polar surface area (TPSA) is 79.7 Å². The molecule has 0 saturated carbocycles. The Balaban J connectivity index is 2.21. The van der Waals surface area contributed by atoms with E-state index in [-0.39, 0.29) is 24.6 Å². The summed E-state index contributed by atoms with van der Waals surface area (Å²) < 4.78 is 5.41. The molecular weight excluding hydrogens is 316 g/mol. The van der Waals surface area contributed by atoms with E-state index in [1.54, 1.807) is 12.1 Å². The Hall–Kier alpha value is -1.47. The molecule has 1 aromatic rings. The van der Waals surface area contributed by atoms with E-state index in [9.17, 15) is 14.7 Å². The SMILES string of the molecule is COC(=O)C1CC(O)CN1C(=O)c1ccc(Br)cn1. The molecule has 1 N–H and O–H groups in total. The number of amides is 1. The van der Waals surface area contributed by atoms with Crippen LogP contribution >= 0.6 is 15.9 Å². The van der Waals surface area contributed by atoms with E-state index in [2.05, 4.69) is 25.7 Å². The molecule has 1 amide bonds. The second-order valence-corrected chi connectivity index (χ2v) is 5.16. The summed E-state index contributed by atoms with van der Waals surface area (Å²) in [5.74, 6) is -0.915. The molecule has 0 aromatic carbocycles. The van der Waals surface area contributed by atoms with Gasteiger partial charge < -0.3 is 14.7 Å². The third-order valence-electron chi connectivity index (χ3n) is 2.96. The third-order valence-corrected chi connectivity index (χ3v) is 3.43. The molecule has 6 nitrogen and oxygen atoms in total. The van der Waals surface area contributed by atoms with E-state index in [0.717, 1.165) is 4.47 Å². The Kier molecular flexibility index (Phi) is 4.16. The van der Waals surface area contributed by atoms with Crippen LogP contribution in [0.15, 0.2) is 22.8 Å². The molecule has 1 fully saturated rings. The average Bonchev–Trinajstić information content (AvgIpc) is 2.80. The molecule has 0 spiro atoms. The first-order valence-electron chi connectivity index (χ1n) is 5.71. The summed E-state index contributed by atoms with van der Waals surface area (Å²) in [4.78, 5) is 29.2. The molecule has 2 rings (SSSR count). The Morgan fingerprint density at radius 2 is 2.26 bits per heavy atom.